The highest BCUT2D eigenvalue weighted by atomic mass is 16.5. The van der Waals surface area contributed by atoms with Gasteiger partial charge in [-0.05, 0) is 25.1 Å². The van der Waals surface area contributed by atoms with Gasteiger partial charge in [-0.3, -0.25) is 4.90 Å². The van der Waals surface area contributed by atoms with Gasteiger partial charge in [0, 0.05) is 19.6 Å². The smallest absolute Gasteiger partial charge is 0.160 e. The van der Waals surface area contributed by atoms with Crippen LogP contribution in [0.15, 0.2) is 22.6 Å². The summed E-state index contributed by atoms with van der Waals surface area (Å²) in [5.41, 5.74) is 7.27. The number of benzene rings is 1. The normalized spacial score (nSPS) is 16.6. The minimum absolute atomic E-state index is 0.647. The molecule has 1 fully saturated rings. The van der Waals surface area contributed by atoms with Gasteiger partial charge in [-0.25, -0.2) is 0 Å². The third-order valence-corrected chi connectivity index (χ3v) is 3.57. The van der Waals surface area contributed by atoms with E-state index in [0.717, 1.165) is 49.7 Å². The molecule has 1 aromatic carbocycles. The lowest BCUT2D eigenvalue weighted by Crippen LogP contribution is -2.38. The summed E-state index contributed by atoms with van der Waals surface area (Å²) in [5.74, 6) is 1.68. The minimum atomic E-state index is 0.647. The molecule has 20 heavy (non-hydrogen) atoms. The van der Waals surface area contributed by atoms with Crippen LogP contribution in [0.25, 0.3) is 11.0 Å². The predicted octanol–water partition coefficient (Wildman–Crippen LogP) is 2.03. The number of morpholine rings is 1. The first kappa shape index (κ1) is 13.3. The Bertz CT molecular complexity index is 588. The molecule has 1 aliphatic heterocycles. The van der Waals surface area contributed by atoms with E-state index in [0.29, 0.717) is 17.9 Å². The van der Waals surface area contributed by atoms with Crippen molar-refractivity contribution in [3.63, 3.8) is 0 Å². The Morgan fingerprint density at radius 3 is 2.90 bits per heavy atom. The third kappa shape index (κ3) is 2.73. The number of rotatable bonds is 4. The molecule has 1 aromatic heterocycles. The number of hydrogen-bond donors (Lipinski definition) is 1. The number of furan rings is 1. The number of anilines is 1. The number of hydrogen-bond acceptors (Lipinski definition) is 5. The molecule has 2 aromatic rings. The zero-order chi connectivity index (χ0) is 13.9. The second kappa shape index (κ2) is 5.73. The van der Waals surface area contributed by atoms with Gasteiger partial charge in [0.05, 0.1) is 24.3 Å². The van der Waals surface area contributed by atoms with Crippen LogP contribution in [0.5, 0.6) is 5.75 Å². The highest BCUT2D eigenvalue weighted by molar-refractivity contribution is 5.93. The van der Waals surface area contributed by atoms with Crippen LogP contribution >= 0.6 is 0 Å². The van der Waals surface area contributed by atoms with Crippen molar-refractivity contribution in [3.8, 4) is 5.75 Å². The van der Waals surface area contributed by atoms with E-state index in [1.54, 1.807) is 0 Å². The van der Waals surface area contributed by atoms with Crippen molar-refractivity contribution in [2.45, 2.75) is 6.92 Å². The van der Waals surface area contributed by atoms with Gasteiger partial charge in [-0.15, -0.1) is 0 Å². The van der Waals surface area contributed by atoms with Gasteiger partial charge in [0.25, 0.3) is 0 Å². The van der Waals surface area contributed by atoms with E-state index in [1.807, 2.05) is 25.1 Å². The first-order chi connectivity index (χ1) is 9.74. The van der Waals surface area contributed by atoms with Crippen LogP contribution in [-0.2, 0) is 4.74 Å². The Balaban J connectivity index is 1.66. The molecule has 0 bridgehead atoms. The van der Waals surface area contributed by atoms with Crippen LogP contribution in [0.2, 0.25) is 0 Å². The maximum absolute atomic E-state index is 5.91. The maximum Gasteiger partial charge on any atom is 0.160 e. The van der Waals surface area contributed by atoms with E-state index in [9.17, 15) is 0 Å². The van der Waals surface area contributed by atoms with Crippen molar-refractivity contribution in [3.05, 3.63) is 24.0 Å². The van der Waals surface area contributed by atoms with Crippen LogP contribution in [0.4, 0.5) is 5.69 Å². The zero-order valence-electron chi connectivity index (χ0n) is 11.7. The number of nitrogen functional groups attached to an aromatic ring is 1. The summed E-state index contributed by atoms with van der Waals surface area (Å²) < 4.78 is 16.8. The fraction of sp³-hybridized carbons (Fsp3) is 0.467. The molecule has 0 spiro atoms. The van der Waals surface area contributed by atoms with Gasteiger partial charge in [0.1, 0.15) is 18.1 Å². The van der Waals surface area contributed by atoms with E-state index in [4.69, 9.17) is 19.6 Å². The fourth-order valence-electron chi connectivity index (χ4n) is 2.48. The molecule has 1 saturated heterocycles. The molecule has 5 nitrogen and oxygen atoms in total. The summed E-state index contributed by atoms with van der Waals surface area (Å²) in [6.45, 7) is 7.06. The lowest BCUT2D eigenvalue weighted by Gasteiger charge is -2.26. The van der Waals surface area contributed by atoms with E-state index in [2.05, 4.69) is 4.90 Å². The molecular formula is C15H20N2O3. The highest BCUT2D eigenvalue weighted by Crippen LogP contribution is 2.32. The summed E-state index contributed by atoms with van der Waals surface area (Å²) in [7, 11) is 0. The molecule has 1 aliphatic rings. The number of fused-ring (bicyclic) bond motifs is 1. The molecule has 0 atom stereocenters. The van der Waals surface area contributed by atoms with Crippen LogP contribution in [0.1, 0.15) is 5.76 Å². The SMILES string of the molecule is Cc1cc2c(OCCN3CCOCC3)ccc(N)c2o1. The van der Waals surface area contributed by atoms with Gasteiger partial charge < -0.3 is 19.6 Å². The van der Waals surface area contributed by atoms with Crippen molar-refractivity contribution >= 4 is 16.7 Å². The van der Waals surface area contributed by atoms with Gasteiger partial charge in [-0.1, -0.05) is 0 Å². The average Bonchev–Trinajstić information content (AvgIpc) is 2.85. The molecule has 0 unspecified atom stereocenters. The largest absolute Gasteiger partial charge is 0.491 e. The first-order valence-electron chi connectivity index (χ1n) is 6.95. The molecule has 0 aliphatic carbocycles. The van der Waals surface area contributed by atoms with Crippen molar-refractivity contribution < 1.29 is 13.9 Å². The Morgan fingerprint density at radius 1 is 1.30 bits per heavy atom. The quantitative estimate of drug-likeness (QED) is 0.866. The van der Waals surface area contributed by atoms with Crippen LogP contribution in [0.3, 0.4) is 0 Å². The van der Waals surface area contributed by atoms with Gasteiger partial charge in [-0.2, -0.15) is 0 Å². The van der Waals surface area contributed by atoms with Crippen molar-refractivity contribution in [2.24, 2.45) is 0 Å². The Morgan fingerprint density at radius 2 is 2.10 bits per heavy atom. The van der Waals surface area contributed by atoms with Gasteiger partial charge >= 0.3 is 0 Å². The molecule has 2 heterocycles. The lowest BCUT2D eigenvalue weighted by atomic mass is 10.2. The summed E-state index contributed by atoms with van der Waals surface area (Å²) in [4.78, 5) is 2.35. The second-order valence-corrected chi connectivity index (χ2v) is 5.06. The summed E-state index contributed by atoms with van der Waals surface area (Å²) in [6, 6.07) is 5.71. The Hall–Kier alpha value is -1.72. The van der Waals surface area contributed by atoms with E-state index in [1.165, 1.54) is 0 Å². The van der Waals surface area contributed by atoms with Gasteiger partial charge in [0.2, 0.25) is 0 Å². The van der Waals surface area contributed by atoms with Gasteiger partial charge in [0.15, 0.2) is 5.58 Å². The van der Waals surface area contributed by atoms with E-state index in [-0.39, 0.29) is 0 Å². The first-order valence-corrected chi connectivity index (χ1v) is 6.95. The summed E-state index contributed by atoms with van der Waals surface area (Å²) in [6.07, 6.45) is 0. The monoisotopic (exact) mass is 276 g/mol. The standard InChI is InChI=1S/C15H20N2O3/c1-11-10-12-14(3-2-13(16)15(12)20-11)19-9-6-17-4-7-18-8-5-17/h2-3,10H,4-9,16H2,1H3. The molecule has 0 saturated carbocycles. The van der Waals surface area contributed by atoms with Crippen molar-refractivity contribution in [2.75, 3.05) is 45.2 Å². The number of nitrogens with zero attached hydrogens (tertiary/aromatic N) is 1. The lowest BCUT2D eigenvalue weighted by molar-refractivity contribution is 0.0323. The molecule has 0 radical (unpaired) electrons. The van der Waals surface area contributed by atoms with Crippen LogP contribution in [-0.4, -0.2) is 44.4 Å². The fourth-order valence-corrected chi connectivity index (χ4v) is 2.48. The summed E-state index contributed by atoms with van der Waals surface area (Å²) in [5, 5.41) is 0.949. The Labute approximate surface area is 118 Å². The molecule has 2 N–H and O–H groups in total. The van der Waals surface area contributed by atoms with Crippen molar-refractivity contribution in [1.82, 2.24) is 4.90 Å². The average molecular weight is 276 g/mol. The zero-order valence-corrected chi connectivity index (χ0v) is 11.7. The van der Waals surface area contributed by atoms with Crippen LogP contribution < -0.4 is 10.5 Å². The molecule has 5 heteroatoms. The predicted molar refractivity (Wildman–Crippen MR) is 78.1 cm³/mol. The Kier molecular flexibility index (Phi) is 3.80. The molecular weight excluding hydrogens is 256 g/mol. The van der Waals surface area contributed by atoms with Crippen LogP contribution in [0, 0.1) is 6.92 Å². The number of nitrogens with two attached hydrogens (primary N) is 1. The number of ether oxygens (including phenoxy) is 2. The molecule has 3 rings (SSSR count). The third-order valence-electron chi connectivity index (χ3n) is 3.57. The molecule has 0 amide bonds. The van der Waals surface area contributed by atoms with E-state index < -0.39 is 0 Å². The minimum Gasteiger partial charge on any atom is -0.491 e. The maximum atomic E-state index is 5.91. The second-order valence-electron chi connectivity index (χ2n) is 5.06. The highest BCUT2D eigenvalue weighted by Gasteiger charge is 2.12. The molecule has 108 valence electrons. The summed E-state index contributed by atoms with van der Waals surface area (Å²) >= 11 is 0. The van der Waals surface area contributed by atoms with E-state index >= 15 is 0 Å². The van der Waals surface area contributed by atoms with Crippen molar-refractivity contribution in [1.29, 1.82) is 0 Å². The topological polar surface area (TPSA) is 60.9 Å². The number of aryl methyl sites for hydroxylation is 1.